The van der Waals surface area contributed by atoms with E-state index in [0.29, 0.717) is 0 Å². The molecule has 2 nitrogen and oxygen atoms in total. The van der Waals surface area contributed by atoms with Crippen molar-refractivity contribution in [3.8, 4) is 0 Å². The molecule has 2 heteroatoms. The summed E-state index contributed by atoms with van der Waals surface area (Å²) in [6, 6.07) is 2.00. The highest BCUT2D eigenvalue weighted by molar-refractivity contribution is 5.36. The topological polar surface area (TPSA) is 38.9 Å². The third-order valence-corrected chi connectivity index (χ3v) is 1.83. The van der Waals surface area contributed by atoms with Gasteiger partial charge < -0.3 is 5.73 Å². The molecule has 0 bridgehead atoms. The predicted molar refractivity (Wildman–Crippen MR) is 51.8 cm³/mol. The number of hydrogen-bond donors (Lipinski definition) is 1. The Kier molecular flexibility index (Phi) is 3.09. The van der Waals surface area contributed by atoms with Crippen molar-refractivity contribution in [3.63, 3.8) is 0 Å². The van der Waals surface area contributed by atoms with Crippen molar-refractivity contribution in [3.05, 3.63) is 24.0 Å². The molecule has 2 N–H and O–H groups in total. The molecule has 0 spiro atoms. The van der Waals surface area contributed by atoms with Crippen molar-refractivity contribution in [2.45, 2.75) is 26.7 Å². The first-order chi connectivity index (χ1) is 5.68. The average molecular weight is 164 g/mol. The first-order valence-electron chi connectivity index (χ1n) is 4.38. The zero-order valence-corrected chi connectivity index (χ0v) is 7.75. The Balaban J connectivity index is 2.52. The lowest BCUT2D eigenvalue weighted by Crippen LogP contribution is -1.94. The van der Waals surface area contributed by atoms with E-state index < -0.39 is 0 Å². The molecule has 0 atom stereocenters. The van der Waals surface area contributed by atoms with Gasteiger partial charge in [-0.15, -0.1) is 0 Å². The summed E-state index contributed by atoms with van der Waals surface area (Å²) in [6.07, 6.45) is 5.85. The number of pyridine rings is 1. The summed E-state index contributed by atoms with van der Waals surface area (Å²) in [5, 5.41) is 0. The summed E-state index contributed by atoms with van der Waals surface area (Å²) < 4.78 is 0. The van der Waals surface area contributed by atoms with E-state index in [1.807, 2.05) is 12.3 Å². The van der Waals surface area contributed by atoms with Gasteiger partial charge in [-0.3, -0.25) is 4.98 Å². The van der Waals surface area contributed by atoms with Crippen LogP contribution in [0.2, 0.25) is 0 Å². The molecular weight excluding hydrogens is 148 g/mol. The van der Waals surface area contributed by atoms with Crippen molar-refractivity contribution in [1.82, 2.24) is 4.98 Å². The number of nitrogens with two attached hydrogens (primary N) is 1. The standard InChI is InChI=1S/C10H16N2/c1-8(2)3-4-9-5-10(11)7-12-6-9/h5-8H,3-4,11H2,1-2H3. The summed E-state index contributed by atoms with van der Waals surface area (Å²) in [7, 11) is 0. The predicted octanol–water partition coefficient (Wildman–Crippen LogP) is 2.25. The zero-order valence-electron chi connectivity index (χ0n) is 7.75. The maximum absolute atomic E-state index is 5.60. The molecule has 0 aliphatic rings. The molecule has 0 amide bonds. The number of nitrogens with zero attached hydrogens (tertiary/aromatic N) is 1. The van der Waals surface area contributed by atoms with E-state index >= 15 is 0 Å². The Bertz CT molecular complexity index is 243. The van der Waals surface area contributed by atoms with E-state index in [1.54, 1.807) is 6.20 Å². The lowest BCUT2D eigenvalue weighted by molar-refractivity contribution is 0.586. The molecule has 1 heterocycles. The van der Waals surface area contributed by atoms with Crippen LogP contribution in [0.5, 0.6) is 0 Å². The molecule has 0 aromatic carbocycles. The third kappa shape index (κ3) is 2.91. The van der Waals surface area contributed by atoms with Gasteiger partial charge in [0.25, 0.3) is 0 Å². The average Bonchev–Trinajstić information content (AvgIpc) is 2.01. The number of anilines is 1. The summed E-state index contributed by atoms with van der Waals surface area (Å²) in [6.45, 7) is 4.44. The fourth-order valence-corrected chi connectivity index (χ4v) is 1.10. The normalized spacial score (nSPS) is 10.6. The quantitative estimate of drug-likeness (QED) is 0.744. The van der Waals surface area contributed by atoms with Gasteiger partial charge in [-0.2, -0.15) is 0 Å². The Morgan fingerprint density at radius 2 is 2.17 bits per heavy atom. The van der Waals surface area contributed by atoms with Crippen molar-refractivity contribution >= 4 is 5.69 Å². The molecule has 0 aliphatic heterocycles. The van der Waals surface area contributed by atoms with Crippen LogP contribution in [0.1, 0.15) is 25.8 Å². The van der Waals surface area contributed by atoms with E-state index in [4.69, 9.17) is 5.73 Å². The lowest BCUT2D eigenvalue weighted by Gasteiger charge is -2.04. The van der Waals surface area contributed by atoms with Crippen molar-refractivity contribution in [1.29, 1.82) is 0 Å². The first kappa shape index (κ1) is 9.04. The summed E-state index contributed by atoms with van der Waals surface area (Å²) in [5.41, 5.74) is 7.60. The number of rotatable bonds is 3. The monoisotopic (exact) mass is 164 g/mol. The summed E-state index contributed by atoms with van der Waals surface area (Å²) in [4.78, 5) is 4.04. The largest absolute Gasteiger partial charge is 0.397 e. The maximum atomic E-state index is 5.60. The molecular formula is C10H16N2. The van der Waals surface area contributed by atoms with Gasteiger partial charge in [0, 0.05) is 12.4 Å². The van der Waals surface area contributed by atoms with Crippen LogP contribution < -0.4 is 5.73 Å². The molecule has 0 unspecified atom stereocenters. The van der Waals surface area contributed by atoms with Gasteiger partial charge in [-0.25, -0.2) is 0 Å². The van der Waals surface area contributed by atoms with Gasteiger partial charge in [-0.1, -0.05) is 13.8 Å². The van der Waals surface area contributed by atoms with Crippen LogP contribution >= 0.6 is 0 Å². The van der Waals surface area contributed by atoms with E-state index in [9.17, 15) is 0 Å². The molecule has 1 rings (SSSR count). The molecule has 1 aromatic heterocycles. The highest BCUT2D eigenvalue weighted by Gasteiger charge is 1.97. The molecule has 66 valence electrons. The van der Waals surface area contributed by atoms with Crippen LogP contribution in [0.3, 0.4) is 0 Å². The number of nitrogen functional groups attached to an aromatic ring is 1. The highest BCUT2D eigenvalue weighted by Crippen LogP contribution is 2.10. The van der Waals surface area contributed by atoms with Gasteiger partial charge in [0.05, 0.1) is 5.69 Å². The molecule has 0 aliphatic carbocycles. The van der Waals surface area contributed by atoms with Crippen LogP contribution in [0.4, 0.5) is 5.69 Å². The highest BCUT2D eigenvalue weighted by atomic mass is 14.7. The smallest absolute Gasteiger partial charge is 0.0503 e. The molecule has 0 fully saturated rings. The Hall–Kier alpha value is -1.05. The van der Waals surface area contributed by atoms with Gasteiger partial charge >= 0.3 is 0 Å². The zero-order chi connectivity index (χ0) is 8.97. The summed E-state index contributed by atoms with van der Waals surface area (Å²) in [5.74, 6) is 0.742. The number of aryl methyl sites for hydroxylation is 1. The van der Waals surface area contributed by atoms with Gasteiger partial charge in [-0.05, 0) is 30.4 Å². The SMILES string of the molecule is CC(C)CCc1cncc(N)c1. The van der Waals surface area contributed by atoms with E-state index in [-0.39, 0.29) is 0 Å². The second-order valence-electron chi connectivity index (χ2n) is 3.56. The Morgan fingerprint density at radius 3 is 2.75 bits per heavy atom. The Labute approximate surface area is 73.8 Å². The molecule has 12 heavy (non-hydrogen) atoms. The minimum Gasteiger partial charge on any atom is -0.397 e. The lowest BCUT2D eigenvalue weighted by atomic mass is 10.0. The van der Waals surface area contributed by atoms with Crippen molar-refractivity contribution in [2.75, 3.05) is 5.73 Å². The molecule has 0 saturated carbocycles. The Morgan fingerprint density at radius 1 is 1.42 bits per heavy atom. The van der Waals surface area contributed by atoms with Gasteiger partial charge in [0.2, 0.25) is 0 Å². The van der Waals surface area contributed by atoms with Crippen molar-refractivity contribution < 1.29 is 0 Å². The van der Waals surface area contributed by atoms with E-state index in [2.05, 4.69) is 18.8 Å². The minimum absolute atomic E-state index is 0.742. The van der Waals surface area contributed by atoms with Crippen LogP contribution in [-0.2, 0) is 6.42 Å². The van der Waals surface area contributed by atoms with Gasteiger partial charge in [0.1, 0.15) is 0 Å². The third-order valence-electron chi connectivity index (χ3n) is 1.83. The first-order valence-corrected chi connectivity index (χ1v) is 4.38. The summed E-state index contributed by atoms with van der Waals surface area (Å²) >= 11 is 0. The molecule has 0 saturated heterocycles. The fourth-order valence-electron chi connectivity index (χ4n) is 1.10. The number of aromatic nitrogens is 1. The second kappa shape index (κ2) is 4.10. The van der Waals surface area contributed by atoms with Gasteiger partial charge in [0.15, 0.2) is 0 Å². The minimum atomic E-state index is 0.742. The maximum Gasteiger partial charge on any atom is 0.0503 e. The van der Waals surface area contributed by atoms with Crippen LogP contribution in [0, 0.1) is 5.92 Å². The second-order valence-corrected chi connectivity index (χ2v) is 3.56. The van der Waals surface area contributed by atoms with Crippen LogP contribution in [0.15, 0.2) is 18.5 Å². The fraction of sp³-hybridized carbons (Fsp3) is 0.500. The number of hydrogen-bond acceptors (Lipinski definition) is 2. The van der Waals surface area contributed by atoms with Crippen LogP contribution in [-0.4, -0.2) is 4.98 Å². The molecule has 0 radical (unpaired) electrons. The van der Waals surface area contributed by atoms with Crippen LogP contribution in [0.25, 0.3) is 0 Å². The van der Waals surface area contributed by atoms with E-state index in [0.717, 1.165) is 18.0 Å². The van der Waals surface area contributed by atoms with E-state index in [1.165, 1.54) is 12.0 Å². The van der Waals surface area contributed by atoms with Crippen molar-refractivity contribution in [2.24, 2.45) is 5.92 Å². The molecule has 1 aromatic rings.